The van der Waals surface area contributed by atoms with E-state index in [1.165, 1.54) is 42.5 Å². The topological polar surface area (TPSA) is 135 Å². The summed E-state index contributed by atoms with van der Waals surface area (Å²) < 4.78 is 81.3. The van der Waals surface area contributed by atoms with Crippen molar-refractivity contribution in [3.8, 4) is 0 Å². The van der Waals surface area contributed by atoms with Crippen LogP contribution in [-0.4, -0.2) is 56.2 Å². The van der Waals surface area contributed by atoms with Gasteiger partial charge in [0.25, 0.3) is 10.0 Å². The van der Waals surface area contributed by atoms with Gasteiger partial charge >= 0.3 is 18.1 Å². The zero-order chi connectivity index (χ0) is 27.8. The van der Waals surface area contributed by atoms with E-state index in [1.807, 2.05) is 0 Å². The Kier molecular flexibility index (Phi) is 7.35. The number of methoxy groups -OCH3 is 2. The van der Waals surface area contributed by atoms with Gasteiger partial charge < -0.3 is 9.47 Å². The van der Waals surface area contributed by atoms with Crippen LogP contribution in [0.4, 0.5) is 13.2 Å². The second kappa shape index (κ2) is 9.84. The number of carbonyl (C=O) groups is 2. The molecule has 10 nitrogen and oxygen atoms in total. The van der Waals surface area contributed by atoms with E-state index in [9.17, 15) is 41.3 Å². The first kappa shape index (κ1) is 27.6. The summed E-state index contributed by atoms with van der Waals surface area (Å²) in [6.45, 7) is -0.293. The second-order valence-corrected chi connectivity index (χ2v) is 9.93. The summed E-state index contributed by atoms with van der Waals surface area (Å²) in [7, 11) is -3.12. The van der Waals surface area contributed by atoms with Crippen molar-refractivity contribution in [2.45, 2.75) is 23.4 Å². The molecule has 198 valence electrons. The van der Waals surface area contributed by atoms with Crippen LogP contribution in [0.5, 0.6) is 0 Å². The van der Waals surface area contributed by atoms with Gasteiger partial charge in [-0.15, -0.1) is 0 Å². The average Bonchev–Trinajstić information content (AvgIpc) is 3.23. The smallest absolute Gasteiger partial charge is 0.406 e. The number of aromatic nitrogens is 1. The van der Waals surface area contributed by atoms with Crippen molar-refractivity contribution in [3.63, 3.8) is 0 Å². The lowest BCUT2D eigenvalue weighted by atomic mass is 9.69. The van der Waals surface area contributed by atoms with E-state index in [4.69, 9.17) is 0 Å². The number of nitrogens with zero attached hydrogens (tertiary/aromatic N) is 2. The van der Waals surface area contributed by atoms with Gasteiger partial charge in [-0.3, -0.25) is 19.7 Å². The Balaban J connectivity index is 2.52. The SMILES string of the molecule is COC(=O)C(C(=O)OC)[C@](C[N+](=O)[O-])(c1cn(S(=O)(=O)c2ccc(C)cc2)c2ccccc12)C(F)(F)F. The number of halogens is 3. The van der Waals surface area contributed by atoms with E-state index in [2.05, 4.69) is 9.47 Å². The summed E-state index contributed by atoms with van der Waals surface area (Å²) >= 11 is 0. The summed E-state index contributed by atoms with van der Waals surface area (Å²) in [6.07, 6.45) is -5.08. The first-order valence-electron chi connectivity index (χ1n) is 10.5. The van der Waals surface area contributed by atoms with Crippen LogP contribution in [0.2, 0.25) is 0 Å². The molecule has 0 saturated carbocycles. The Morgan fingerprint density at radius 1 is 1.03 bits per heavy atom. The number of para-hydroxylation sites is 1. The molecule has 0 spiro atoms. The van der Waals surface area contributed by atoms with Gasteiger partial charge in [0.15, 0.2) is 11.3 Å². The molecule has 1 aromatic heterocycles. The first-order valence-corrected chi connectivity index (χ1v) is 11.9. The molecule has 0 fully saturated rings. The summed E-state index contributed by atoms with van der Waals surface area (Å²) in [4.78, 5) is 35.2. The van der Waals surface area contributed by atoms with Crippen molar-refractivity contribution in [3.05, 3.63) is 76.0 Å². The minimum absolute atomic E-state index is 0.261. The van der Waals surface area contributed by atoms with E-state index < -0.39 is 56.5 Å². The number of rotatable bonds is 8. The molecule has 1 atom stereocenters. The minimum atomic E-state index is -5.63. The molecule has 0 saturated heterocycles. The number of hydrogen-bond donors (Lipinski definition) is 0. The first-order chi connectivity index (χ1) is 17.2. The summed E-state index contributed by atoms with van der Waals surface area (Å²) in [5, 5.41) is 11.3. The number of benzene rings is 2. The number of fused-ring (bicyclic) bond motifs is 1. The molecule has 0 aliphatic carbocycles. The molecule has 0 N–H and O–H groups in total. The number of ether oxygens (including phenoxy) is 2. The molecule has 2 aromatic carbocycles. The molecule has 0 aliphatic rings. The van der Waals surface area contributed by atoms with Crippen LogP contribution >= 0.6 is 0 Å². The highest BCUT2D eigenvalue weighted by atomic mass is 32.2. The van der Waals surface area contributed by atoms with Crippen LogP contribution < -0.4 is 0 Å². The predicted molar refractivity (Wildman–Crippen MR) is 123 cm³/mol. The Morgan fingerprint density at radius 2 is 1.57 bits per heavy atom. The molecule has 0 unspecified atom stereocenters. The minimum Gasteiger partial charge on any atom is -0.468 e. The molecule has 3 rings (SSSR count). The highest BCUT2D eigenvalue weighted by Crippen LogP contribution is 2.50. The zero-order valence-electron chi connectivity index (χ0n) is 19.7. The highest BCUT2D eigenvalue weighted by Gasteiger charge is 2.70. The zero-order valence-corrected chi connectivity index (χ0v) is 20.5. The van der Waals surface area contributed by atoms with Crippen LogP contribution in [-0.2, 0) is 34.5 Å². The molecule has 0 radical (unpaired) electrons. The molecule has 3 aromatic rings. The van der Waals surface area contributed by atoms with Crippen LogP contribution in [0.1, 0.15) is 11.1 Å². The van der Waals surface area contributed by atoms with E-state index >= 15 is 0 Å². The maximum Gasteiger partial charge on any atom is 0.406 e. The van der Waals surface area contributed by atoms with Crippen molar-refractivity contribution in [2.24, 2.45) is 5.92 Å². The van der Waals surface area contributed by atoms with Crippen molar-refractivity contribution >= 4 is 32.9 Å². The molecular weight excluding hydrogens is 521 g/mol. The Labute approximate surface area is 208 Å². The Hall–Kier alpha value is -3.94. The molecular formula is C23H21F3N2O8S. The molecule has 0 amide bonds. The predicted octanol–water partition coefficient (Wildman–Crippen LogP) is 3.23. The van der Waals surface area contributed by atoms with E-state index in [0.29, 0.717) is 24.4 Å². The second-order valence-electron chi connectivity index (χ2n) is 8.11. The number of esters is 2. The number of nitro groups is 1. The van der Waals surface area contributed by atoms with Crippen LogP contribution in [0.25, 0.3) is 10.9 Å². The maximum atomic E-state index is 15.0. The lowest BCUT2D eigenvalue weighted by molar-refractivity contribution is -0.503. The Bertz CT molecular complexity index is 1450. The third-order valence-corrected chi connectivity index (χ3v) is 7.68. The quantitative estimate of drug-likeness (QED) is 0.183. The molecule has 0 bridgehead atoms. The third-order valence-electron chi connectivity index (χ3n) is 5.99. The fourth-order valence-corrected chi connectivity index (χ4v) is 5.57. The van der Waals surface area contributed by atoms with Gasteiger partial charge in [0, 0.05) is 22.1 Å². The molecule has 37 heavy (non-hydrogen) atoms. The van der Waals surface area contributed by atoms with Gasteiger partial charge in [-0.2, -0.15) is 13.2 Å². The number of carbonyl (C=O) groups excluding carboxylic acids is 2. The van der Waals surface area contributed by atoms with E-state index in [1.54, 1.807) is 6.92 Å². The molecule has 1 heterocycles. The van der Waals surface area contributed by atoms with E-state index in [-0.39, 0.29) is 15.8 Å². The van der Waals surface area contributed by atoms with Crippen LogP contribution in [0.3, 0.4) is 0 Å². The molecule has 0 aliphatic heterocycles. The van der Waals surface area contributed by atoms with Gasteiger partial charge in [-0.05, 0) is 25.1 Å². The largest absolute Gasteiger partial charge is 0.468 e. The van der Waals surface area contributed by atoms with Gasteiger partial charge in [0.1, 0.15) is 0 Å². The normalized spacial score (nSPS) is 13.8. The number of hydrogen-bond acceptors (Lipinski definition) is 8. The third kappa shape index (κ3) is 4.63. The maximum absolute atomic E-state index is 15.0. The average molecular weight is 542 g/mol. The fourth-order valence-electron chi connectivity index (χ4n) is 4.20. The fraction of sp³-hybridized carbons (Fsp3) is 0.304. The monoisotopic (exact) mass is 542 g/mol. The Morgan fingerprint density at radius 3 is 2.05 bits per heavy atom. The lowest BCUT2D eigenvalue weighted by Crippen LogP contribution is -2.58. The van der Waals surface area contributed by atoms with Gasteiger partial charge in [0.2, 0.25) is 6.54 Å². The van der Waals surface area contributed by atoms with Crippen molar-refractivity contribution in [1.29, 1.82) is 0 Å². The van der Waals surface area contributed by atoms with Gasteiger partial charge in [-0.25, -0.2) is 12.4 Å². The number of aryl methyl sites for hydroxylation is 1. The summed E-state index contributed by atoms with van der Waals surface area (Å²) in [5.41, 5.74) is -4.38. The van der Waals surface area contributed by atoms with Gasteiger partial charge in [0.05, 0.1) is 24.6 Å². The van der Waals surface area contributed by atoms with E-state index in [0.717, 1.165) is 11.6 Å². The van der Waals surface area contributed by atoms with Crippen LogP contribution in [0, 0.1) is 23.0 Å². The highest BCUT2D eigenvalue weighted by molar-refractivity contribution is 7.90. The summed E-state index contributed by atoms with van der Waals surface area (Å²) in [6, 6.07) is 10.4. The standard InChI is InChI=1S/C23H21F3N2O8S/c1-14-8-10-15(11-9-14)37(33,34)27-12-17(16-6-4-5-7-18(16)27)22(13-28(31)32,23(24,25)26)19(20(29)35-2)21(30)36-3/h4-12,19H,13H2,1-3H3/t22-/m0/s1. The van der Waals surface area contributed by atoms with Crippen LogP contribution in [0.15, 0.2) is 59.6 Å². The molecule has 14 heteroatoms. The van der Waals surface area contributed by atoms with Crippen molar-refractivity contribution in [2.75, 3.05) is 20.8 Å². The van der Waals surface area contributed by atoms with Crippen molar-refractivity contribution < 1.29 is 45.6 Å². The van der Waals surface area contributed by atoms with Gasteiger partial charge in [-0.1, -0.05) is 35.9 Å². The summed E-state index contributed by atoms with van der Waals surface area (Å²) in [5.74, 6) is -6.37. The van der Waals surface area contributed by atoms with Crippen molar-refractivity contribution in [1.82, 2.24) is 3.97 Å². The number of alkyl halides is 3. The lowest BCUT2D eigenvalue weighted by Gasteiger charge is -2.36.